The van der Waals surface area contributed by atoms with Crippen LogP contribution < -0.4 is 9.62 Å². The maximum absolute atomic E-state index is 12.6. The lowest BCUT2D eigenvalue weighted by Crippen LogP contribution is -2.37. The highest BCUT2D eigenvalue weighted by molar-refractivity contribution is 7.92. The van der Waals surface area contributed by atoms with Crippen LogP contribution in [0.3, 0.4) is 0 Å². The molecule has 132 valence electrons. The standard InChI is InChI=1S/C19H22N2O3S/c1-14-7-5-10-18(15(14)2)20-19(22)16-8-6-9-17(13-16)21-11-3-4-12-25(21,23)24/h5-10,13H,3-4,11-12H2,1-2H3,(H,20,22). The lowest BCUT2D eigenvalue weighted by atomic mass is 10.1. The van der Waals surface area contributed by atoms with Crippen LogP contribution >= 0.6 is 0 Å². The molecule has 0 saturated carbocycles. The molecule has 0 unspecified atom stereocenters. The third-order valence-corrected chi connectivity index (χ3v) is 6.47. The third-order valence-electron chi connectivity index (χ3n) is 4.60. The van der Waals surface area contributed by atoms with Crippen molar-refractivity contribution >= 4 is 27.3 Å². The van der Waals surface area contributed by atoms with E-state index in [0.29, 0.717) is 24.2 Å². The van der Waals surface area contributed by atoms with Crippen LogP contribution in [0.4, 0.5) is 11.4 Å². The number of carbonyl (C=O) groups is 1. The monoisotopic (exact) mass is 358 g/mol. The summed E-state index contributed by atoms with van der Waals surface area (Å²) in [6.45, 7) is 4.42. The molecule has 6 heteroatoms. The minimum atomic E-state index is -3.29. The van der Waals surface area contributed by atoms with E-state index in [-0.39, 0.29) is 11.7 Å². The first kappa shape index (κ1) is 17.5. The first-order valence-electron chi connectivity index (χ1n) is 8.36. The van der Waals surface area contributed by atoms with E-state index < -0.39 is 10.0 Å². The summed E-state index contributed by atoms with van der Waals surface area (Å²) in [5.41, 5.74) is 3.88. The summed E-state index contributed by atoms with van der Waals surface area (Å²) in [7, 11) is -3.29. The average Bonchev–Trinajstić information content (AvgIpc) is 2.58. The molecular formula is C19H22N2O3S. The number of anilines is 2. The van der Waals surface area contributed by atoms with Gasteiger partial charge in [0.2, 0.25) is 10.0 Å². The number of aryl methyl sites for hydroxylation is 1. The molecular weight excluding hydrogens is 336 g/mol. The quantitative estimate of drug-likeness (QED) is 0.913. The second kappa shape index (κ2) is 6.88. The molecule has 2 aromatic carbocycles. The fourth-order valence-electron chi connectivity index (χ4n) is 2.96. The minimum Gasteiger partial charge on any atom is -0.322 e. The lowest BCUT2D eigenvalue weighted by molar-refractivity contribution is 0.102. The van der Waals surface area contributed by atoms with Crippen molar-refractivity contribution in [1.29, 1.82) is 0 Å². The van der Waals surface area contributed by atoms with E-state index >= 15 is 0 Å². The molecule has 1 aliphatic rings. The fourth-order valence-corrected chi connectivity index (χ4v) is 4.59. The number of hydrogen-bond donors (Lipinski definition) is 1. The van der Waals surface area contributed by atoms with Crippen LogP contribution in [0.2, 0.25) is 0 Å². The average molecular weight is 358 g/mol. The molecule has 1 N–H and O–H groups in total. The molecule has 5 nitrogen and oxygen atoms in total. The van der Waals surface area contributed by atoms with Crippen LogP contribution in [0.25, 0.3) is 0 Å². The maximum atomic E-state index is 12.6. The summed E-state index contributed by atoms with van der Waals surface area (Å²) >= 11 is 0. The molecule has 1 heterocycles. The predicted molar refractivity (Wildman–Crippen MR) is 101 cm³/mol. The van der Waals surface area contributed by atoms with Gasteiger partial charge in [-0.15, -0.1) is 0 Å². The van der Waals surface area contributed by atoms with Gasteiger partial charge in [-0.1, -0.05) is 18.2 Å². The summed E-state index contributed by atoms with van der Waals surface area (Å²) in [5, 5.41) is 2.91. The first-order chi connectivity index (χ1) is 11.9. The highest BCUT2D eigenvalue weighted by atomic mass is 32.2. The molecule has 3 rings (SSSR count). The van der Waals surface area contributed by atoms with E-state index in [9.17, 15) is 13.2 Å². The van der Waals surface area contributed by atoms with E-state index in [1.54, 1.807) is 24.3 Å². The first-order valence-corrected chi connectivity index (χ1v) is 9.97. The van der Waals surface area contributed by atoms with Crippen molar-refractivity contribution in [1.82, 2.24) is 0 Å². The van der Waals surface area contributed by atoms with Crippen LogP contribution in [0.15, 0.2) is 42.5 Å². The van der Waals surface area contributed by atoms with Crippen molar-refractivity contribution in [3.8, 4) is 0 Å². The Kier molecular flexibility index (Phi) is 4.81. The Balaban J connectivity index is 1.86. The van der Waals surface area contributed by atoms with Gasteiger partial charge in [0, 0.05) is 17.8 Å². The zero-order valence-electron chi connectivity index (χ0n) is 14.5. The molecule has 0 atom stereocenters. The van der Waals surface area contributed by atoms with Gasteiger partial charge in [0.25, 0.3) is 5.91 Å². The zero-order chi connectivity index (χ0) is 18.0. The smallest absolute Gasteiger partial charge is 0.255 e. The largest absolute Gasteiger partial charge is 0.322 e. The number of nitrogens with zero attached hydrogens (tertiary/aromatic N) is 1. The normalized spacial score (nSPS) is 16.5. The van der Waals surface area contributed by atoms with Gasteiger partial charge in [0.05, 0.1) is 11.4 Å². The molecule has 25 heavy (non-hydrogen) atoms. The Labute approximate surface area is 148 Å². The zero-order valence-corrected chi connectivity index (χ0v) is 15.3. The lowest BCUT2D eigenvalue weighted by Gasteiger charge is -2.28. The van der Waals surface area contributed by atoms with Gasteiger partial charge in [-0.05, 0) is 62.1 Å². The Hall–Kier alpha value is -2.34. The number of nitrogens with one attached hydrogen (secondary N) is 1. The van der Waals surface area contributed by atoms with E-state index in [1.165, 1.54) is 4.31 Å². The Bertz CT molecular complexity index is 907. The number of rotatable bonds is 3. The van der Waals surface area contributed by atoms with Crippen LogP contribution in [0.5, 0.6) is 0 Å². The Morgan fingerprint density at radius 1 is 1.08 bits per heavy atom. The van der Waals surface area contributed by atoms with Crippen LogP contribution in [-0.4, -0.2) is 26.6 Å². The van der Waals surface area contributed by atoms with Crippen molar-refractivity contribution in [3.05, 3.63) is 59.2 Å². The highest BCUT2D eigenvalue weighted by Gasteiger charge is 2.26. The van der Waals surface area contributed by atoms with E-state index in [2.05, 4.69) is 5.32 Å². The Morgan fingerprint density at radius 2 is 1.84 bits per heavy atom. The van der Waals surface area contributed by atoms with Gasteiger partial charge in [0.15, 0.2) is 0 Å². The maximum Gasteiger partial charge on any atom is 0.255 e. The van der Waals surface area contributed by atoms with Gasteiger partial charge in [-0.25, -0.2) is 8.42 Å². The Morgan fingerprint density at radius 3 is 2.60 bits per heavy atom. The van der Waals surface area contributed by atoms with Gasteiger partial charge < -0.3 is 5.32 Å². The molecule has 1 amide bonds. The van der Waals surface area contributed by atoms with E-state index in [1.807, 2.05) is 32.0 Å². The predicted octanol–water partition coefficient (Wildman–Crippen LogP) is 3.49. The molecule has 1 aliphatic heterocycles. The third kappa shape index (κ3) is 3.69. The number of carbonyl (C=O) groups excluding carboxylic acids is 1. The molecule has 0 spiro atoms. The van der Waals surface area contributed by atoms with Gasteiger partial charge >= 0.3 is 0 Å². The van der Waals surface area contributed by atoms with Crippen molar-refractivity contribution in [2.24, 2.45) is 0 Å². The van der Waals surface area contributed by atoms with Crippen LogP contribution in [0, 0.1) is 13.8 Å². The number of benzene rings is 2. The molecule has 0 bridgehead atoms. The van der Waals surface area contributed by atoms with Crippen LogP contribution in [-0.2, 0) is 10.0 Å². The summed E-state index contributed by atoms with van der Waals surface area (Å²) in [5.74, 6) is -0.0868. The summed E-state index contributed by atoms with van der Waals surface area (Å²) in [4.78, 5) is 12.6. The second-order valence-corrected chi connectivity index (χ2v) is 8.36. The van der Waals surface area contributed by atoms with E-state index in [0.717, 1.165) is 23.2 Å². The highest BCUT2D eigenvalue weighted by Crippen LogP contribution is 2.25. The molecule has 1 fully saturated rings. The molecule has 1 saturated heterocycles. The SMILES string of the molecule is Cc1cccc(NC(=O)c2cccc(N3CCCCS3(=O)=O)c2)c1C. The van der Waals surface area contributed by atoms with Crippen molar-refractivity contribution in [2.75, 3.05) is 21.9 Å². The number of hydrogen-bond acceptors (Lipinski definition) is 3. The van der Waals surface area contributed by atoms with E-state index in [4.69, 9.17) is 0 Å². The van der Waals surface area contributed by atoms with Gasteiger partial charge in [-0.3, -0.25) is 9.10 Å². The van der Waals surface area contributed by atoms with Crippen molar-refractivity contribution < 1.29 is 13.2 Å². The molecule has 0 aliphatic carbocycles. The summed E-state index contributed by atoms with van der Waals surface area (Å²) < 4.78 is 25.9. The van der Waals surface area contributed by atoms with Crippen LogP contribution in [0.1, 0.15) is 34.3 Å². The van der Waals surface area contributed by atoms with Crippen molar-refractivity contribution in [2.45, 2.75) is 26.7 Å². The molecule has 0 radical (unpaired) electrons. The van der Waals surface area contributed by atoms with Crippen molar-refractivity contribution in [3.63, 3.8) is 0 Å². The van der Waals surface area contributed by atoms with Gasteiger partial charge in [-0.2, -0.15) is 0 Å². The topological polar surface area (TPSA) is 66.5 Å². The second-order valence-electron chi connectivity index (χ2n) is 6.35. The number of sulfonamides is 1. The summed E-state index contributed by atoms with van der Waals surface area (Å²) in [6.07, 6.45) is 1.52. The van der Waals surface area contributed by atoms with Gasteiger partial charge in [0.1, 0.15) is 0 Å². The molecule has 2 aromatic rings. The summed E-state index contributed by atoms with van der Waals surface area (Å²) in [6, 6.07) is 12.5. The minimum absolute atomic E-state index is 0.159. The fraction of sp³-hybridized carbons (Fsp3) is 0.316. The molecule has 0 aromatic heterocycles. The number of amides is 1.